The number of hydrogen-bond acceptors (Lipinski definition) is 5. The van der Waals surface area contributed by atoms with Gasteiger partial charge in [0.25, 0.3) is 0 Å². The average Bonchev–Trinajstić information content (AvgIpc) is 2.73. The number of nitrogens with two attached hydrogens (primary N) is 1. The molecule has 16 heavy (non-hydrogen) atoms. The van der Waals surface area contributed by atoms with Crippen LogP contribution in [0.3, 0.4) is 0 Å². The number of aromatic nitrogens is 2. The standard InChI is InChI=1S/C11H16N4S/c1-3-7(4-2)13-9-8-5-6-16-10(8)15-11(12)14-9/h5-7H,3-4H2,1-2H3,(H3,12,13,14,15). The predicted molar refractivity (Wildman–Crippen MR) is 69.8 cm³/mol. The maximum absolute atomic E-state index is 5.69. The predicted octanol–water partition coefficient (Wildman–Crippen LogP) is 2.87. The first kappa shape index (κ1) is 11.1. The van der Waals surface area contributed by atoms with Crippen molar-refractivity contribution < 1.29 is 0 Å². The van der Waals surface area contributed by atoms with E-state index in [0.717, 1.165) is 28.9 Å². The lowest BCUT2D eigenvalue weighted by Gasteiger charge is -2.16. The highest BCUT2D eigenvalue weighted by atomic mass is 32.1. The lowest BCUT2D eigenvalue weighted by molar-refractivity contribution is 0.669. The van der Waals surface area contributed by atoms with E-state index < -0.39 is 0 Å². The summed E-state index contributed by atoms with van der Waals surface area (Å²) in [5, 5.41) is 6.50. The second-order valence-corrected chi connectivity index (χ2v) is 4.62. The van der Waals surface area contributed by atoms with E-state index in [1.807, 2.05) is 11.4 Å². The van der Waals surface area contributed by atoms with Crippen LogP contribution in [0.4, 0.5) is 11.8 Å². The van der Waals surface area contributed by atoms with E-state index in [2.05, 4.69) is 29.1 Å². The number of nitrogen functional groups attached to an aromatic ring is 1. The third kappa shape index (κ3) is 2.09. The fraction of sp³-hybridized carbons (Fsp3) is 0.455. The number of fused-ring (bicyclic) bond motifs is 1. The van der Waals surface area contributed by atoms with Gasteiger partial charge >= 0.3 is 0 Å². The first-order chi connectivity index (χ1) is 7.74. The van der Waals surface area contributed by atoms with Gasteiger partial charge < -0.3 is 11.1 Å². The van der Waals surface area contributed by atoms with Gasteiger partial charge in [-0.25, -0.2) is 4.98 Å². The van der Waals surface area contributed by atoms with Crippen molar-refractivity contribution in [3.8, 4) is 0 Å². The van der Waals surface area contributed by atoms with Crippen molar-refractivity contribution >= 4 is 33.3 Å². The molecular formula is C11H16N4S. The van der Waals surface area contributed by atoms with Crippen LogP contribution in [0, 0.1) is 0 Å². The van der Waals surface area contributed by atoms with Crippen molar-refractivity contribution in [2.45, 2.75) is 32.7 Å². The second kappa shape index (κ2) is 4.65. The molecule has 5 heteroatoms. The summed E-state index contributed by atoms with van der Waals surface area (Å²) in [5.74, 6) is 1.20. The largest absolute Gasteiger partial charge is 0.368 e. The summed E-state index contributed by atoms with van der Waals surface area (Å²) in [6, 6.07) is 2.47. The Bertz CT molecular complexity index is 476. The molecule has 2 aromatic heterocycles. The molecule has 0 aliphatic rings. The van der Waals surface area contributed by atoms with Gasteiger partial charge in [-0.1, -0.05) is 13.8 Å². The molecule has 0 aliphatic carbocycles. The molecule has 0 aromatic carbocycles. The molecule has 2 heterocycles. The zero-order valence-electron chi connectivity index (χ0n) is 9.53. The summed E-state index contributed by atoms with van der Waals surface area (Å²) in [6.45, 7) is 4.33. The van der Waals surface area contributed by atoms with E-state index in [1.165, 1.54) is 0 Å². The van der Waals surface area contributed by atoms with E-state index in [-0.39, 0.29) is 0 Å². The molecular weight excluding hydrogens is 220 g/mol. The Morgan fingerprint density at radius 1 is 1.38 bits per heavy atom. The van der Waals surface area contributed by atoms with Gasteiger partial charge in [-0.05, 0) is 24.3 Å². The Labute approximate surface area is 98.9 Å². The Balaban J connectivity index is 2.38. The van der Waals surface area contributed by atoms with E-state index >= 15 is 0 Å². The molecule has 2 rings (SSSR count). The number of nitrogens with zero attached hydrogens (tertiary/aromatic N) is 2. The highest BCUT2D eigenvalue weighted by molar-refractivity contribution is 7.16. The zero-order valence-corrected chi connectivity index (χ0v) is 10.3. The average molecular weight is 236 g/mol. The van der Waals surface area contributed by atoms with Crippen LogP contribution in [0.2, 0.25) is 0 Å². The number of nitrogens with one attached hydrogen (secondary N) is 1. The van der Waals surface area contributed by atoms with Crippen LogP contribution >= 0.6 is 11.3 Å². The molecule has 0 spiro atoms. The Morgan fingerprint density at radius 3 is 2.81 bits per heavy atom. The van der Waals surface area contributed by atoms with Crippen molar-refractivity contribution in [3.05, 3.63) is 11.4 Å². The number of thiophene rings is 1. The smallest absolute Gasteiger partial charge is 0.223 e. The molecule has 0 aliphatic heterocycles. The molecule has 0 bridgehead atoms. The third-order valence-corrected chi connectivity index (χ3v) is 3.48. The van der Waals surface area contributed by atoms with Crippen LogP contribution in [0.15, 0.2) is 11.4 Å². The number of rotatable bonds is 4. The molecule has 0 radical (unpaired) electrons. The molecule has 0 saturated heterocycles. The molecule has 0 fully saturated rings. The monoisotopic (exact) mass is 236 g/mol. The summed E-state index contributed by atoms with van der Waals surface area (Å²) < 4.78 is 0. The van der Waals surface area contributed by atoms with Crippen LogP contribution in [0.1, 0.15) is 26.7 Å². The zero-order chi connectivity index (χ0) is 11.5. The maximum Gasteiger partial charge on any atom is 0.223 e. The molecule has 0 atom stereocenters. The number of hydrogen-bond donors (Lipinski definition) is 2. The maximum atomic E-state index is 5.69. The van der Waals surface area contributed by atoms with Gasteiger partial charge in [0.15, 0.2) is 0 Å². The third-order valence-electron chi connectivity index (χ3n) is 2.67. The normalized spacial score (nSPS) is 11.2. The summed E-state index contributed by atoms with van der Waals surface area (Å²) in [5.41, 5.74) is 5.69. The first-order valence-electron chi connectivity index (χ1n) is 5.51. The summed E-state index contributed by atoms with van der Waals surface area (Å²) >= 11 is 1.59. The topological polar surface area (TPSA) is 63.8 Å². The lowest BCUT2D eigenvalue weighted by Crippen LogP contribution is -2.18. The van der Waals surface area contributed by atoms with Crippen LogP contribution in [-0.4, -0.2) is 16.0 Å². The van der Waals surface area contributed by atoms with Crippen molar-refractivity contribution in [3.63, 3.8) is 0 Å². The summed E-state index contributed by atoms with van der Waals surface area (Å²) in [4.78, 5) is 9.42. The molecule has 86 valence electrons. The minimum Gasteiger partial charge on any atom is -0.368 e. The SMILES string of the molecule is CCC(CC)Nc1nc(N)nc2sccc12. The van der Waals surface area contributed by atoms with Gasteiger partial charge in [-0.2, -0.15) is 4.98 Å². The van der Waals surface area contributed by atoms with E-state index in [1.54, 1.807) is 11.3 Å². The van der Waals surface area contributed by atoms with Crippen molar-refractivity contribution in [1.29, 1.82) is 0 Å². The van der Waals surface area contributed by atoms with E-state index in [0.29, 0.717) is 12.0 Å². The van der Waals surface area contributed by atoms with Crippen LogP contribution < -0.4 is 11.1 Å². The highest BCUT2D eigenvalue weighted by Crippen LogP contribution is 2.26. The highest BCUT2D eigenvalue weighted by Gasteiger charge is 2.10. The van der Waals surface area contributed by atoms with Gasteiger partial charge in [-0.15, -0.1) is 11.3 Å². The van der Waals surface area contributed by atoms with Gasteiger partial charge in [0.05, 0.1) is 5.39 Å². The molecule has 4 nitrogen and oxygen atoms in total. The quantitative estimate of drug-likeness (QED) is 0.856. The second-order valence-electron chi connectivity index (χ2n) is 3.73. The first-order valence-corrected chi connectivity index (χ1v) is 6.39. The fourth-order valence-corrected chi connectivity index (χ4v) is 2.44. The van der Waals surface area contributed by atoms with Crippen LogP contribution in [0.25, 0.3) is 10.2 Å². The summed E-state index contributed by atoms with van der Waals surface area (Å²) in [7, 11) is 0. The van der Waals surface area contributed by atoms with Crippen LogP contribution in [0.5, 0.6) is 0 Å². The van der Waals surface area contributed by atoms with Gasteiger partial charge in [0.1, 0.15) is 10.6 Å². The van der Waals surface area contributed by atoms with Crippen molar-refractivity contribution in [1.82, 2.24) is 9.97 Å². The van der Waals surface area contributed by atoms with Gasteiger partial charge in [0, 0.05) is 6.04 Å². The van der Waals surface area contributed by atoms with Gasteiger partial charge in [-0.3, -0.25) is 0 Å². The molecule has 0 saturated carbocycles. The van der Waals surface area contributed by atoms with Crippen molar-refractivity contribution in [2.75, 3.05) is 11.1 Å². The van der Waals surface area contributed by atoms with E-state index in [9.17, 15) is 0 Å². The molecule has 3 N–H and O–H groups in total. The van der Waals surface area contributed by atoms with Crippen molar-refractivity contribution in [2.24, 2.45) is 0 Å². The number of anilines is 2. The Kier molecular flexibility index (Phi) is 3.24. The minimum atomic E-state index is 0.336. The lowest BCUT2D eigenvalue weighted by atomic mass is 10.2. The molecule has 0 amide bonds. The summed E-state index contributed by atoms with van der Waals surface area (Å²) in [6.07, 6.45) is 2.15. The Hall–Kier alpha value is -1.36. The Morgan fingerprint density at radius 2 is 2.12 bits per heavy atom. The fourth-order valence-electron chi connectivity index (χ4n) is 1.67. The molecule has 2 aromatic rings. The van der Waals surface area contributed by atoms with E-state index in [4.69, 9.17) is 5.73 Å². The molecule has 0 unspecified atom stereocenters. The van der Waals surface area contributed by atoms with Crippen LogP contribution in [-0.2, 0) is 0 Å². The van der Waals surface area contributed by atoms with Gasteiger partial charge in [0.2, 0.25) is 5.95 Å². The minimum absolute atomic E-state index is 0.336.